The third-order valence-electron chi connectivity index (χ3n) is 1.62. The van der Waals surface area contributed by atoms with Gasteiger partial charge in [-0.3, -0.25) is 4.79 Å². The topological polar surface area (TPSA) is 52.6 Å². The Morgan fingerprint density at radius 2 is 2.07 bits per heavy atom. The molecule has 0 heterocycles. The predicted octanol–water partition coefficient (Wildman–Crippen LogP) is 1.64. The summed E-state index contributed by atoms with van der Waals surface area (Å²) in [5.74, 6) is -1.28. The zero-order valence-electron chi connectivity index (χ0n) is 8.66. The second kappa shape index (κ2) is 7.84. The van der Waals surface area contributed by atoms with Crippen molar-refractivity contribution in [2.45, 2.75) is 29.9 Å². The molecule has 0 spiro atoms. The second-order valence-corrected chi connectivity index (χ2v) is 4.59. The summed E-state index contributed by atoms with van der Waals surface area (Å²) in [6, 6.07) is 0. The van der Waals surface area contributed by atoms with Gasteiger partial charge < -0.3 is 9.47 Å². The Bertz CT molecular complexity index is 222. The van der Waals surface area contributed by atoms with E-state index in [2.05, 4.69) is 9.47 Å². The molecule has 0 aliphatic rings. The number of ether oxygens (including phenoxy) is 2. The van der Waals surface area contributed by atoms with Crippen molar-refractivity contribution in [2.75, 3.05) is 13.7 Å². The van der Waals surface area contributed by atoms with Crippen LogP contribution in [0.15, 0.2) is 0 Å². The molecule has 0 rings (SSSR count). The molecule has 2 atom stereocenters. The molecule has 0 amide bonds. The molecule has 0 N–H and O–H groups in total. The lowest BCUT2D eigenvalue weighted by Gasteiger charge is -2.11. The van der Waals surface area contributed by atoms with Gasteiger partial charge in [-0.2, -0.15) is 0 Å². The third-order valence-corrected chi connectivity index (χ3v) is 2.57. The number of hydrogen-bond acceptors (Lipinski definition) is 4. The first kappa shape index (κ1) is 14.6. The van der Waals surface area contributed by atoms with Gasteiger partial charge >= 0.3 is 11.9 Å². The normalized spacial score (nSPS) is 14.1. The standard InChI is InChI=1S/C9H14FIO4/c1-3-15-9(13)7(10)4-6(11)5-8(12)14-2/h6-7H,3-5H2,1-2H3. The van der Waals surface area contributed by atoms with Gasteiger partial charge in [0.25, 0.3) is 0 Å². The maximum absolute atomic E-state index is 13.2. The van der Waals surface area contributed by atoms with Crippen molar-refractivity contribution in [3.05, 3.63) is 0 Å². The summed E-state index contributed by atoms with van der Waals surface area (Å²) < 4.78 is 21.8. The second-order valence-electron chi connectivity index (χ2n) is 2.83. The van der Waals surface area contributed by atoms with Crippen LogP contribution in [0.25, 0.3) is 0 Å². The molecule has 6 heteroatoms. The summed E-state index contributed by atoms with van der Waals surface area (Å²) >= 11 is 1.91. The Hall–Kier alpha value is -0.400. The van der Waals surface area contributed by atoms with Crippen LogP contribution >= 0.6 is 22.6 Å². The van der Waals surface area contributed by atoms with Crippen LogP contribution in [-0.4, -0.2) is 35.8 Å². The Labute approximate surface area is 102 Å². The van der Waals surface area contributed by atoms with Gasteiger partial charge in [0.15, 0.2) is 6.17 Å². The molecule has 4 nitrogen and oxygen atoms in total. The van der Waals surface area contributed by atoms with Gasteiger partial charge in [0.05, 0.1) is 20.1 Å². The van der Waals surface area contributed by atoms with E-state index in [4.69, 9.17) is 0 Å². The molecule has 0 aliphatic carbocycles. The number of halogens is 2. The minimum absolute atomic E-state index is 0.0332. The van der Waals surface area contributed by atoms with Crippen molar-refractivity contribution in [3.63, 3.8) is 0 Å². The van der Waals surface area contributed by atoms with E-state index in [0.29, 0.717) is 0 Å². The highest BCUT2D eigenvalue weighted by molar-refractivity contribution is 14.1. The first-order valence-corrected chi connectivity index (χ1v) is 5.77. The van der Waals surface area contributed by atoms with Crippen LogP contribution in [0.5, 0.6) is 0 Å². The summed E-state index contributed by atoms with van der Waals surface area (Å²) in [6.07, 6.45) is -1.61. The van der Waals surface area contributed by atoms with Gasteiger partial charge in [-0.25, -0.2) is 9.18 Å². The van der Waals surface area contributed by atoms with Gasteiger partial charge in [-0.15, -0.1) is 0 Å². The Balaban J connectivity index is 3.89. The van der Waals surface area contributed by atoms with E-state index in [1.165, 1.54) is 7.11 Å². The maximum atomic E-state index is 13.2. The Morgan fingerprint density at radius 3 is 2.53 bits per heavy atom. The van der Waals surface area contributed by atoms with Crippen LogP contribution in [0.1, 0.15) is 19.8 Å². The van der Waals surface area contributed by atoms with Crippen LogP contribution in [0, 0.1) is 0 Å². The maximum Gasteiger partial charge on any atom is 0.340 e. The summed E-state index contributed by atoms with van der Waals surface area (Å²) in [5, 5.41) is 0. The molecular formula is C9H14FIO4. The van der Waals surface area contributed by atoms with E-state index in [1.54, 1.807) is 6.92 Å². The number of carbonyl (C=O) groups excluding carboxylic acids is 2. The number of alkyl halides is 2. The molecule has 88 valence electrons. The van der Waals surface area contributed by atoms with Crippen molar-refractivity contribution in [1.82, 2.24) is 0 Å². The fourth-order valence-electron chi connectivity index (χ4n) is 0.901. The highest BCUT2D eigenvalue weighted by atomic mass is 127. The molecule has 0 fully saturated rings. The van der Waals surface area contributed by atoms with E-state index in [-0.39, 0.29) is 23.4 Å². The first-order valence-electron chi connectivity index (χ1n) is 4.52. The lowest BCUT2D eigenvalue weighted by Crippen LogP contribution is -2.23. The zero-order chi connectivity index (χ0) is 11.8. The average Bonchev–Trinajstić information content (AvgIpc) is 2.17. The molecule has 0 aromatic carbocycles. The summed E-state index contributed by atoms with van der Waals surface area (Å²) in [5.41, 5.74) is 0. The highest BCUT2D eigenvalue weighted by Gasteiger charge is 2.23. The van der Waals surface area contributed by atoms with Crippen LogP contribution in [-0.2, 0) is 19.1 Å². The van der Waals surface area contributed by atoms with Crippen molar-refractivity contribution in [3.8, 4) is 0 Å². The van der Waals surface area contributed by atoms with Gasteiger partial charge in [-0.05, 0) is 6.92 Å². The lowest BCUT2D eigenvalue weighted by atomic mass is 10.2. The fourth-order valence-corrected chi connectivity index (χ4v) is 1.71. The first-order chi connectivity index (χ1) is 7.01. The van der Waals surface area contributed by atoms with Crippen molar-refractivity contribution in [1.29, 1.82) is 0 Å². The van der Waals surface area contributed by atoms with Crippen LogP contribution < -0.4 is 0 Å². The molecule has 0 aromatic rings. The minimum atomic E-state index is -1.67. The Kier molecular flexibility index (Phi) is 7.63. The number of esters is 2. The molecule has 0 saturated carbocycles. The SMILES string of the molecule is CCOC(=O)C(F)CC(I)CC(=O)OC. The summed E-state index contributed by atoms with van der Waals surface area (Å²) in [7, 11) is 1.27. The number of rotatable bonds is 6. The van der Waals surface area contributed by atoms with E-state index in [0.717, 1.165) is 0 Å². The van der Waals surface area contributed by atoms with Crippen molar-refractivity contribution in [2.24, 2.45) is 0 Å². The molecule has 0 radical (unpaired) electrons. The number of carbonyl (C=O) groups is 2. The molecule has 2 unspecified atom stereocenters. The largest absolute Gasteiger partial charge is 0.469 e. The minimum Gasteiger partial charge on any atom is -0.469 e. The van der Waals surface area contributed by atoms with E-state index >= 15 is 0 Å². The predicted molar refractivity (Wildman–Crippen MR) is 60.6 cm³/mol. The Morgan fingerprint density at radius 1 is 1.47 bits per heavy atom. The number of hydrogen-bond donors (Lipinski definition) is 0. The summed E-state index contributed by atoms with van der Waals surface area (Å²) in [6.45, 7) is 1.77. The smallest absolute Gasteiger partial charge is 0.340 e. The average molecular weight is 332 g/mol. The molecule has 0 aliphatic heterocycles. The monoisotopic (exact) mass is 332 g/mol. The van der Waals surface area contributed by atoms with E-state index in [9.17, 15) is 14.0 Å². The molecule has 15 heavy (non-hydrogen) atoms. The molecule has 0 bridgehead atoms. The highest BCUT2D eigenvalue weighted by Crippen LogP contribution is 2.16. The van der Waals surface area contributed by atoms with Gasteiger partial charge in [0.2, 0.25) is 0 Å². The van der Waals surface area contributed by atoms with Gasteiger partial charge in [-0.1, -0.05) is 22.6 Å². The van der Waals surface area contributed by atoms with Gasteiger partial charge in [0, 0.05) is 10.3 Å². The quantitative estimate of drug-likeness (QED) is 0.422. The van der Waals surface area contributed by atoms with E-state index < -0.39 is 18.1 Å². The van der Waals surface area contributed by atoms with Crippen molar-refractivity contribution < 1.29 is 23.5 Å². The van der Waals surface area contributed by atoms with Gasteiger partial charge in [0.1, 0.15) is 0 Å². The fraction of sp³-hybridized carbons (Fsp3) is 0.778. The molecule has 0 aromatic heterocycles. The van der Waals surface area contributed by atoms with Crippen molar-refractivity contribution >= 4 is 34.5 Å². The molecular weight excluding hydrogens is 318 g/mol. The van der Waals surface area contributed by atoms with Crippen LogP contribution in [0.3, 0.4) is 0 Å². The number of methoxy groups -OCH3 is 1. The van der Waals surface area contributed by atoms with Crippen LogP contribution in [0.4, 0.5) is 4.39 Å². The molecule has 0 saturated heterocycles. The lowest BCUT2D eigenvalue weighted by molar-refractivity contribution is -0.149. The zero-order valence-corrected chi connectivity index (χ0v) is 10.8. The third kappa shape index (κ3) is 6.64. The van der Waals surface area contributed by atoms with Crippen LogP contribution in [0.2, 0.25) is 0 Å². The van der Waals surface area contributed by atoms with E-state index in [1.807, 2.05) is 22.6 Å². The summed E-state index contributed by atoms with van der Waals surface area (Å²) in [4.78, 5) is 21.8.